The number of imidazole rings is 1. The summed E-state index contributed by atoms with van der Waals surface area (Å²) in [6.45, 7) is 0. The summed E-state index contributed by atoms with van der Waals surface area (Å²) in [6, 6.07) is 10.3. The Labute approximate surface area is 156 Å². The van der Waals surface area contributed by atoms with E-state index in [0.717, 1.165) is 16.0 Å². The zero-order chi connectivity index (χ0) is 18.6. The molecule has 0 aliphatic carbocycles. The molecule has 0 aliphatic heterocycles. The van der Waals surface area contributed by atoms with Gasteiger partial charge in [0.2, 0.25) is 5.91 Å². The molecule has 0 aliphatic rings. The molecule has 2 heterocycles. The van der Waals surface area contributed by atoms with Gasteiger partial charge < -0.3 is 15.4 Å². The molecule has 0 unspecified atom stereocenters. The van der Waals surface area contributed by atoms with Crippen molar-refractivity contribution < 1.29 is 14.7 Å². The van der Waals surface area contributed by atoms with E-state index >= 15 is 0 Å². The highest BCUT2D eigenvalue weighted by Crippen LogP contribution is 2.42. The summed E-state index contributed by atoms with van der Waals surface area (Å²) in [5.74, 6) is -1.11. The summed E-state index contributed by atoms with van der Waals surface area (Å²) in [5, 5.41) is 10.8. The summed E-state index contributed by atoms with van der Waals surface area (Å²) < 4.78 is 2.52. The number of amides is 1. The molecule has 0 saturated heterocycles. The summed E-state index contributed by atoms with van der Waals surface area (Å²) in [6.07, 6.45) is 0. The molecule has 6 nitrogen and oxygen atoms in total. The van der Waals surface area contributed by atoms with E-state index in [1.54, 1.807) is 41.9 Å². The van der Waals surface area contributed by atoms with Crippen LogP contribution in [0.25, 0.3) is 32.5 Å². The first-order valence-electron chi connectivity index (χ1n) is 7.59. The van der Waals surface area contributed by atoms with E-state index in [1.807, 2.05) is 6.07 Å². The molecule has 0 fully saturated rings. The number of halogens is 1. The maximum atomic E-state index is 11.8. The maximum absolute atomic E-state index is 11.8. The summed E-state index contributed by atoms with van der Waals surface area (Å²) in [7, 11) is 1.77. The largest absolute Gasteiger partial charge is 0.477 e. The van der Waals surface area contributed by atoms with Crippen LogP contribution in [0.2, 0.25) is 5.02 Å². The van der Waals surface area contributed by atoms with Gasteiger partial charge in [0, 0.05) is 22.7 Å². The first kappa shape index (κ1) is 16.6. The number of fused-ring (bicyclic) bond motifs is 2. The molecule has 8 heteroatoms. The van der Waals surface area contributed by atoms with Crippen LogP contribution in [0.4, 0.5) is 0 Å². The van der Waals surface area contributed by atoms with Crippen molar-refractivity contribution in [2.75, 3.05) is 0 Å². The number of hydrogen-bond acceptors (Lipinski definition) is 4. The van der Waals surface area contributed by atoms with Crippen molar-refractivity contribution >= 4 is 55.9 Å². The van der Waals surface area contributed by atoms with Crippen molar-refractivity contribution in [2.45, 2.75) is 0 Å². The van der Waals surface area contributed by atoms with Crippen LogP contribution in [0, 0.1) is 0 Å². The summed E-state index contributed by atoms with van der Waals surface area (Å²) >= 11 is 7.52. The number of aryl methyl sites for hydroxylation is 1. The van der Waals surface area contributed by atoms with Gasteiger partial charge in [-0.25, -0.2) is 9.78 Å². The molecule has 130 valence electrons. The monoisotopic (exact) mass is 385 g/mol. The number of nitrogens with zero attached hydrogens (tertiary/aromatic N) is 2. The fraction of sp³-hybridized carbons (Fsp3) is 0.0556. The molecular formula is C18H12ClN3O3S. The highest BCUT2D eigenvalue weighted by molar-refractivity contribution is 7.21. The average molecular weight is 386 g/mol. The number of carboxylic acid groups (broad SMARTS) is 1. The number of aromatic carboxylic acids is 1. The Bertz CT molecular complexity index is 1230. The molecule has 0 radical (unpaired) electrons. The normalized spacial score (nSPS) is 11.3. The van der Waals surface area contributed by atoms with Crippen LogP contribution in [0.5, 0.6) is 0 Å². The van der Waals surface area contributed by atoms with E-state index in [1.165, 1.54) is 0 Å². The third-order valence-corrected chi connectivity index (χ3v) is 5.71. The lowest BCUT2D eigenvalue weighted by atomic mass is 10.1. The number of benzene rings is 2. The van der Waals surface area contributed by atoms with E-state index in [4.69, 9.17) is 17.3 Å². The number of primary amides is 1. The Morgan fingerprint density at radius 3 is 2.73 bits per heavy atom. The molecule has 2 aromatic heterocycles. The van der Waals surface area contributed by atoms with Gasteiger partial charge in [-0.2, -0.15) is 0 Å². The lowest BCUT2D eigenvalue weighted by Crippen LogP contribution is -2.10. The SMILES string of the molecule is Cn1c(-c2c(C(=O)O)sc3cccc(Cl)c23)nc2ccc(C(N)=O)cc21. The van der Waals surface area contributed by atoms with E-state index < -0.39 is 11.9 Å². The maximum Gasteiger partial charge on any atom is 0.346 e. The molecule has 26 heavy (non-hydrogen) atoms. The fourth-order valence-electron chi connectivity index (χ4n) is 3.04. The molecule has 0 spiro atoms. The van der Waals surface area contributed by atoms with Crippen molar-refractivity contribution in [1.29, 1.82) is 0 Å². The number of thiophene rings is 1. The highest BCUT2D eigenvalue weighted by atomic mass is 35.5. The van der Waals surface area contributed by atoms with Gasteiger partial charge in [-0.15, -0.1) is 11.3 Å². The van der Waals surface area contributed by atoms with Crippen LogP contribution in [0.3, 0.4) is 0 Å². The van der Waals surface area contributed by atoms with Crippen molar-refractivity contribution in [2.24, 2.45) is 12.8 Å². The first-order valence-corrected chi connectivity index (χ1v) is 8.79. The summed E-state index contributed by atoms with van der Waals surface area (Å²) in [5.41, 5.74) is 7.50. The van der Waals surface area contributed by atoms with Gasteiger partial charge in [0.05, 0.1) is 21.6 Å². The van der Waals surface area contributed by atoms with Gasteiger partial charge in [-0.05, 0) is 30.3 Å². The molecule has 0 saturated carbocycles. The molecule has 0 bridgehead atoms. The molecule has 2 aromatic carbocycles. The predicted molar refractivity (Wildman–Crippen MR) is 102 cm³/mol. The van der Waals surface area contributed by atoms with Gasteiger partial charge in [-0.3, -0.25) is 4.79 Å². The van der Waals surface area contributed by atoms with Gasteiger partial charge >= 0.3 is 5.97 Å². The van der Waals surface area contributed by atoms with Crippen LogP contribution < -0.4 is 5.73 Å². The second-order valence-corrected chi connectivity index (χ2v) is 7.25. The second-order valence-electron chi connectivity index (χ2n) is 5.79. The van der Waals surface area contributed by atoms with E-state index in [-0.39, 0.29) is 4.88 Å². The van der Waals surface area contributed by atoms with Crippen molar-refractivity contribution in [3.05, 3.63) is 51.9 Å². The zero-order valence-electron chi connectivity index (χ0n) is 13.5. The minimum Gasteiger partial charge on any atom is -0.477 e. The Hall–Kier alpha value is -2.90. The number of carbonyl (C=O) groups excluding carboxylic acids is 1. The quantitative estimate of drug-likeness (QED) is 0.558. The molecule has 1 amide bonds. The van der Waals surface area contributed by atoms with Gasteiger partial charge in [-0.1, -0.05) is 17.7 Å². The standard InChI is InChI=1S/C18H12ClN3O3S/c1-22-11-7-8(16(20)23)5-6-10(11)21-17(22)14-13-9(19)3-2-4-12(13)26-15(14)18(24)25/h2-7H,1H3,(H2,20,23)(H,24,25). The first-order chi connectivity index (χ1) is 12.4. The molecule has 3 N–H and O–H groups in total. The number of nitrogens with two attached hydrogens (primary N) is 1. The van der Waals surface area contributed by atoms with E-state index in [2.05, 4.69) is 4.98 Å². The topological polar surface area (TPSA) is 98.2 Å². The third-order valence-electron chi connectivity index (χ3n) is 4.25. The number of carboxylic acids is 1. The lowest BCUT2D eigenvalue weighted by Gasteiger charge is -2.05. The Kier molecular flexibility index (Phi) is 3.71. The Balaban J connectivity index is 2.10. The minimum atomic E-state index is -1.04. The highest BCUT2D eigenvalue weighted by Gasteiger charge is 2.25. The second kappa shape index (κ2) is 5.82. The van der Waals surface area contributed by atoms with Crippen molar-refractivity contribution in [1.82, 2.24) is 9.55 Å². The molecule has 0 atom stereocenters. The lowest BCUT2D eigenvalue weighted by molar-refractivity contribution is 0.0702. The van der Waals surface area contributed by atoms with Crippen LogP contribution >= 0.6 is 22.9 Å². The van der Waals surface area contributed by atoms with Crippen molar-refractivity contribution in [3.63, 3.8) is 0 Å². The fourth-order valence-corrected chi connectivity index (χ4v) is 4.43. The van der Waals surface area contributed by atoms with E-state index in [0.29, 0.717) is 38.4 Å². The molecular weight excluding hydrogens is 374 g/mol. The van der Waals surface area contributed by atoms with Crippen LogP contribution in [0.15, 0.2) is 36.4 Å². The van der Waals surface area contributed by atoms with Crippen LogP contribution in [0.1, 0.15) is 20.0 Å². The third kappa shape index (κ3) is 2.36. The number of hydrogen-bond donors (Lipinski definition) is 2. The van der Waals surface area contributed by atoms with Gasteiger partial charge in [0.15, 0.2) is 0 Å². The molecule has 4 aromatic rings. The van der Waals surface area contributed by atoms with Crippen LogP contribution in [-0.2, 0) is 7.05 Å². The predicted octanol–water partition coefficient (Wildman–Crippen LogP) is 3.91. The summed E-state index contributed by atoms with van der Waals surface area (Å²) in [4.78, 5) is 28.0. The number of aromatic nitrogens is 2. The average Bonchev–Trinajstić information content (AvgIpc) is 3.14. The van der Waals surface area contributed by atoms with Crippen molar-refractivity contribution in [3.8, 4) is 11.4 Å². The number of carbonyl (C=O) groups is 2. The Morgan fingerprint density at radius 2 is 2.04 bits per heavy atom. The van der Waals surface area contributed by atoms with E-state index in [9.17, 15) is 14.7 Å². The Morgan fingerprint density at radius 1 is 1.27 bits per heavy atom. The molecule has 4 rings (SSSR count). The number of rotatable bonds is 3. The van der Waals surface area contributed by atoms with Gasteiger partial charge in [0.1, 0.15) is 10.7 Å². The zero-order valence-corrected chi connectivity index (χ0v) is 15.1. The minimum absolute atomic E-state index is 0.168. The van der Waals surface area contributed by atoms with Crippen LogP contribution in [-0.4, -0.2) is 26.5 Å². The van der Waals surface area contributed by atoms with Gasteiger partial charge in [0.25, 0.3) is 0 Å². The smallest absolute Gasteiger partial charge is 0.346 e.